The van der Waals surface area contributed by atoms with Crippen molar-refractivity contribution in [2.24, 2.45) is 0 Å². The van der Waals surface area contributed by atoms with E-state index in [4.69, 9.17) is 10.2 Å². The van der Waals surface area contributed by atoms with Gasteiger partial charge in [0.25, 0.3) is 6.43 Å². The number of anilines is 1. The van der Waals surface area contributed by atoms with E-state index in [-0.39, 0.29) is 11.5 Å². The maximum absolute atomic E-state index is 11.9. The third-order valence-corrected chi connectivity index (χ3v) is 1.65. The molecule has 88 valence electrons. The highest BCUT2D eigenvalue weighted by Crippen LogP contribution is 2.04. The van der Waals surface area contributed by atoms with Crippen molar-refractivity contribution in [3.05, 3.63) is 18.1 Å². The van der Waals surface area contributed by atoms with E-state index in [1.54, 1.807) is 0 Å². The second-order valence-electron chi connectivity index (χ2n) is 2.87. The number of hydrogen-bond donors (Lipinski definition) is 3. The van der Waals surface area contributed by atoms with Crippen LogP contribution in [0.4, 0.5) is 14.6 Å². The molecular formula is C8H9F2N3O3. The summed E-state index contributed by atoms with van der Waals surface area (Å²) < 4.78 is 23.8. The average molecular weight is 233 g/mol. The first kappa shape index (κ1) is 12.2. The molecule has 1 aromatic rings. The number of carboxylic acids is 1. The van der Waals surface area contributed by atoms with Crippen molar-refractivity contribution in [3.8, 4) is 0 Å². The Morgan fingerprint density at radius 2 is 2.12 bits per heavy atom. The summed E-state index contributed by atoms with van der Waals surface area (Å²) in [6.07, 6.45) is -2.58. The predicted octanol–water partition coefficient (Wildman–Crippen LogP) is 0.213. The van der Waals surface area contributed by atoms with Gasteiger partial charge in [0.2, 0.25) is 0 Å². The monoisotopic (exact) mass is 233 g/mol. The molecule has 0 amide bonds. The number of aromatic nitrogens is 2. The normalized spacial score (nSPS) is 12.5. The zero-order valence-corrected chi connectivity index (χ0v) is 7.97. The molecule has 0 saturated heterocycles. The summed E-state index contributed by atoms with van der Waals surface area (Å²) >= 11 is 0. The molecule has 1 aromatic heterocycles. The SMILES string of the molecule is O=C(O)c1cnc(NCC(O)C(F)F)cn1. The van der Waals surface area contributed by atoms with E-state index >= 15 is 0 Å². The van der Waals surface area contributed by atoms with Crippen molar-refractivity contribution < 1.29 is 23.8 Å². The number of carboxylic acid groups (broad SMARTS) is 1. The Morgan fingerprint density at radius 3 is 2.56 bits per heavy atom. The van der Waals surface area contributed by atoms with Gasteiger partial charge in [-0.15, -0.1) is 0 Å². The minimum atomic E-state index is -2.85. The molecule has 0 aliphatic carbocycles. The molecule has 6 nitrogen and oxygen atoms in total. The molecule has 1 atom stereocenters. The summed E-state index contributed by atoms with van der Waals surface area (Å²) in [7, 11) is 0. The first-order valence-electron chi connectivity index (χ1n) is 4.26. The Hall–Kier alpha value is -1.83. The molecule has 0 aromatic carbocycles. The molecule has 0 radical (unpaired) electrons. The second kappa shape index (κ2) is 5.31. The Bertz CT molecular complexity index is 358. The van der Waals surface area contributed by atoms with E-state index in [1.807, 2.05) is 0 Å². The molecule has 1 rings (SSSR count). The van der Waals surface area contributed by atoms with Gasteiger partial charge < -0.3 is 15.5 Å². The molecule has 0 saturated carbocycles. The van der Waals surface area contributed by atoms with E-state index in [1.165, 1.54) is 0 Å². The zero-order valence-electron chi connectivity index (χ0n) is 7.97. The molecule has 16 heavy (non-hydrogen) atoms. The maximum Gasteiger partial charge on any atom is 0.356 e. The van der Waals surface area contributed by atoms with E-state index in [2.05, 4.69) is 15.3 Å². The van der Waals surface area contributed by atoms with Crippen LogP contribution in [0.5, 0.6) is 0 Å². The first-order valence-corrected chi connectivity index (χ1v) is 4.26. The molecule has 0 aliphatic heterocycles. The summed E-state index contributed by atoms with van der Waals surface area (Å²) in [5, 5.41) is 19.7. The Balaban J connectivity index is 2.53. The molecule has 0 fully saturated rings. The third-order valence-electron chi connectivity index (χ3n) is 1.65. The zero-order chi connectivity index (χ0) is 12.1. The predicted molar refractivity (Wildman–Crippen MR) is 49.5 cm³/mol. The van der Waals surface area contributed by atoms with Crippen LogP contribution >= 0.6 is 0 Å². The van der Waals surface area contributed by atoms with E-state index < -0.39 is 25.0 Å². The van der Waals surface area contributed by atoms with Gasteiger partial charge in [-0.05, 0) is 0 Å². The molecular weight excluding hydrogens is 224 g/mol. The van der Waals surface area contributed by atoms with Gasteiger partial charge >= 0.3 is 5.97 Å². The van der Waals surface area contributed by atoms with Crippen LogP contribution in [0.2, 0.25) is 0 Å². The van der Waals surface area contributed by atoms with E-state index in [0.29, 0.717) is 0 Å². The van der Waals surface area contributed by atoms with Crippen LogP contribution in [-0.4, -0.2) is 45.2 Å². The van der Waals surface area contributed by atoms with Gasteiger partial charge in [-0.25, -0.2) is 23.5 Å². The van der Waals surface area contributed by atoms with Crippen LogP contribution < -0.4 is 5.32 Å². The largest absolute Gasteiger partial charge is 0.476 e. The van der Waals surface area contributed by atoms with Gasteiger partial charge in [-0.1, -0.05) is 0 Å². The Kier molecular flexibility index (Phi) is 4.06. The van der Waals surface area contributed by atoms with Gasteiger partial charge in [0, 0.05) is 6.54 Å². The van der Waals surface area contributed by atoms with Crippen LogP contribution in [0, 0.1) is 0 Å². The standard InChI is InChI=1S/C8H9F2N3O3/c9-7(10)5(14)2-13-6-3-11-4(1-12-6)8(15)16/h1,3,5,7,14H,2H2,(H,12,13)(H,15,16). The smallest absolute Gasteiger partial charge is 0.356 e. The molecule has 1 unspecified atom stereocenters. The summed E-state index contributed by atoms with van der Waals surface area (Å²) in [5.41, 5.74) is -0.250. The fraction of sp³-hybridized carbons (Fsp3) is 0.375. The van der Waals surface area contributed by atoms with Gasteiger partial charge in [0.15, 0.2) is 5.69 Å². The Labute approximate surface area is 89.0 Å². The number of aromatic carboxylic acids is 1. The lowest BCUT2D eigenvalue weighted by atomic mass is 10.3. The van der Waals surface area contributed by atoms with Crippen LogP contribution in [0.15, 0.2) is 12.4 Å². The number of rotatable bonds is 5. The highest BCUT2D eigenvalue weighted by Gasteiger charge is 2.16. The number of halogens is 2. The lowest BCUT2D eigenvalue weighted by Crippen LogP contribution is -2.27. The van der Waals surface area contributed by atoms with Gasteiger partial charge in [-0.2, -0.15) is 0 Å². The molecule has 3 N–H and O–H groups in total. The molecule has 0 bridgehead atoms. The van der Waals surface area contributed by atoms with Crippen molar-refractivity contribution in [3.63, 3.8) is 0 Å². The fourth-order valence-corrected chi connectivity index (χ4v) is 0.828. The lowest BCUT2D eigenvalue weighted by Gasteiger charge is -2.10. The van der Waals surface area contributed by atoms with Crippen molar-refractivity contribution in [2.45, 2.75) is 12.5 Å². The summed E-state index contributed by atoms with van der Waals surface area (Å²) in [5.74, 6) is -1.11. The van der Waals surface area contributed by atoms with E-state index in [0.717, 1.165) is 12.4 Å². The van der Waals surface area contributed by atoms with Gasteiger partial charge in [0.05, 0.1) is 12.4 Å². The van der Waals surface area contributed by atoms with Crippen LogP contribution in [0.25, 0.3) is 0 Å². The second-order valence-corrected chi connectivity index (χ2v) is 2.87. The summed E-state index contributed by atoms with van der Waals surface area (Å²) in [4.78, 5) is 17.5. The number of hydrogen-bond acceptors (Lipinski definition) is 5. The highest BCUT2D eigenvalue weighted by molar-refractivity contribution is 5.84. The molecule has 0 aliphatic rings. The molecule has 8 heteroatoms. The number of aliphatic hydroxyl groups is 1. The van der Waals surface area contributed by atoms with Crippen LogP contribution in [-0.2, 0) is 0 Å². The lowest BCUT2D eigenvalue weighted by molar-refractivity contribution is 0.00380. The number of aliphatic hydroxyl groups excluding tert-OH is 1. The molecule has 1 heterocycles. The Morgan fingerprint density at radius 1 is 1.44 bits per heavy atom. The summed E-state index contributed by atoms with van der Waals surface area (Å²) in [6, 6.07) is 0. The van der Waals surface area contributed by atoms with Crippen molar-refractivity contribution in [2.75, 3.05) is 11.9 Å². The minimum Gasteiger partial charge on any atom is -0.476 e. The van der Waals surface area contributed by atoms with Crippen LogP contribution in [0.3, 0.4) is 0 Å². The van der Waals surface area contributed by atoms with Gasteiger partial charge in [0.1, 0.15) is 11.9 Å². The van der Waals surface area contributed by atoms with E-state index in [9.17, 15) is 13.6 Å². The maximum atomic E-state index is 11.9. The quantitative estimate of drug-likeness (QED) is 0.673. The summed E-state index contributed by atoms with van der Waals surface area (Å²) in [6.45, 7) is -0.390. The number of nitrogens with zero attached hydrogens (tertiary/aromatic N) is 2. The van der Waals surface area contributed by atoms with Crippen molar-refractivity contribution in [1.82, 2.24) is 9.97 Å². The number of nitrogens with one attached hydrogen (secondary N) is 1. The van der Waals surface area contributed by atoms with Crippen LogP contribution in [0.1, 0.15) is 10.5 Å². The van der Waals surface area contributed by atoms with Gasteiger partial charge in [-0.3, -0.25) is 0 Å². The third kappa shape index (κ3) is 3.39. The average Bonchev–Trinajstić information content (AvgIpc) is 2.26. The first-order chi connectivity index (χ1) is 7.50. The minimum absolute atomic E-state index is 0.115. The fourth-order valence-electron chi connectivity index (χ4n) is 0.828. The highest BCUT2D eigenvalue weighted by atomic mass is 19.3. The molecule has 0 spiro atoms. The van der Waals surface area contributed by atoms with Crippen molar-refractivity contribution >= 4 is 11.8 Å². The number of carbonyl (C=O) groups is 1. The topological polar surface area (TPSA) is 95.3 Å². The number of alkyl halides is 2. The van der Waals surface area contributed by atoms with Crippen molar-refractivity contribution in [1.29, 1.82) is 0 Å².